The maximum atomic E-state index is 5.89. The van der Waals surface area contributed by atoms with E-state index in [9.17, 15) is 0 Å². The van der Waals surface area contributed by atoms with Crippen molar-refractivity contribution in [1.29, 1.82) is 0 Å². The first kappa shape index (κ1) is 10.3. The van der Waals surface area contributed by atoms with Crippen LogP contribution in [0.3, 0.4) is 0 Å². The molecular formula is C12H18N2O. The summed E-state index contributed by atoms with van der Waals surface area (Å²) < 4.78 is 5.47. The van der Waals surface area contributed by atoms with Gasteiger partial charge in [-0.25, -0.2) is 0 Å². The summed E-state index contributed by atoms with van der Waals surface area (Å²) >= 11 is 0. The van der Waals surface area contributed by atoms with Crippen molar-refractivity contribution in [2.75, 3.05) is 24.6 Å². The van der Waals surface area contributed by atoms with Crippen molar-refractivity contribution in [1.82, 2.24) is 0 Å². The maximum Gasteiger partial charge on any atom is 0.121 e. The molecule has 0 aromatic heterocycles. The maximum absolute atomic E-state index is 5.89. The second kappa shape index (κ2) is 4.53. The van der Waals surface area contributed by atoms with E-state index >= 15 is 0 Å². The first-order valence-electron chi connectivity index (χ1n) is 5.53. The number of anilines is 1. The van der Waals surface area contributed by atoms with Crippen molar-refractivity contribution in [2.24, 2.45) is 5.73 Å². The molecule has 0 aliphatic carbocycles. The molecule has 2 N–H and O–H groups in total. The minimum absolute atomic E-state index is 0.320. The van der Waals surface area contributed by atoms with Gasteiger partial charge < -0.3 is 15.4 Å². The van der Waals surface area contributed by atoms with Crippen LogP contribution in [0.25, 0.3) is 0 Å². The quantitative estimate of drug-likeness (QED) is 0.816. The lowest BCUT2D eigenvalue weighted by Crippen LogP contribution is -2.26. The van der Waals surface area contributed by atoms with Crippen LogP contribution < -0.4 is 15.4 Å². The molecule has 0 bridgehead atoms. The van der Waals surface area contributed by atoms with Crippen LogP contribution in [0.5, 0.6) is 5.75 Å². The van der Waals surface area contributed by atoms with Crippen molar-refractivity contribution in [3.8, 4) is 5.75 Å². The Kier molecular flexibility index (Phi) is 3.11. The largest absolute Gasteiger partial charge is 0.494 e. The van der Waals surface area contributed by atoms with Crippen molar-refractivity contribution >= 4 is 5.69 Å². The summed E-state index contributed by atoms with van der Waals surface area (Å²) in [4.78, 5) is 2.31. The zero-order valence-electron chi connectivity index (χ0n) is 9.15. The average Bonchev–Trinajstić information content (AvgIpc) is 2.66. The van der Waals surface area contributed by atoms with Gasteiger partial charge in [0, 0.05) is 30.9 Å². The van der Waals surface area contributed by atoms with Crippen molar-refractivity contribution in [2.45, 2.75) is 19.4 Å². The number of hydrogen-bond acceptors (Lipinski definition) is 3. The minimum atomic E-state index is 0.320. The number of nitrogens with two attached hydrogens (primary N) is 1. The lowest BCUT2D eigenvalue weighted by atomic mass is 10.3. The summed E-state index contributed by atoms with van der Waals surface area (Å²) in [5.41, 5.74) is 7.10. The molecule has 1 unspecified atom stereocenters. The van der Waals surface area contributed by atoms with Gasteiger partial charge in [-0.05, 0) is 25.5 Å². The first-order valence-corrected chi connectivity index (χ1v) is 5.53. The minimum Gasteiger partial charge on any atom is -0.494 e. The third kappa shape index (κ3) is 2.42. The van der Waals surface area contributed by atoms with Gasteiger partial charge in [0.2, 0.25) is 0 Å². The number of ether oxygens (including phenoxy) is 1. The molecule has 1 aliphatic rings. The van der Waals surface area contributed by atoms with E-state index in [0.29, 0.717) is 12.6 Å². The number of nitrogens with zero attached hydrogens (tertiary/aromatic N) is 1. The van der Waals surface area contributed by atoms with Crippen LogP contribution in [-0.2, 0) is 0 Å². The van der Waals surface area contributed by atoms with Gasteiger partial charge in [-0.3, -0.25) is 0 Å². The Labute approximate surface area is 90.8 Å². The van der Waals surface area contributed by atoms with Crippen LogP contribution >= 0.6 is 0 Å². The Morgan fingerprint density at radius 2 is 2.40 bits per heavy atom. The molecule has 0 radical (unpaired) electrons. The van der Waals surface area contributed by atoms with E-state index < -0.39 is 0 Å². The van der Waals surface area contributed by atoms with Crippen LogP contribution in [0, 0.1) is 0 Å². The Hall–Kier alpha value is -1.22. The highest BCUT2D eigenvalue weighted by Gasteiger charge is 2.19. The average molecular weight is 206 g/mol. The number of hydrogen-bond donors (Lipinski definition) is 1. The summed E-state index contributed by atoms with van der Waals surface area (Å²) in [5, 5.41) is 0. The van der Waals surface area contributed by atoms with Gasteiger partial charge in [0.15, 0.2) is 0 Å². The predicted molar refractivity (Wildman–Crippen MR) is 62.4 cm³/mol. The third-order valence-corrected chi connectivity index (χ3v) is 2.72. The lowest BCUT2D eigenvalue weighted by molar-refractivity contribution is 0.340. The molecule has 15 heavy (non-hydrogen) atoms. The highest BCUT2D eigenvalue weighted by Crippen LogP contribution is 2.24. The number of rotatable bonds is 3. The fraction of sp³-hybridized carbons (Fsp3) is 0.500. The van der Waals surface area contributed by atoms with Gasteiger partial charge in [-0.2, -0.15) is 0 Å². The molecule has 0 spiro atoms. The van der Waals surface area contributed by atoms with Gasteiger partial charge in [-0.15, -0.1) is 0 Å². The summed E-state index contributed by atoms with van der Waals surface area (Å²) in [6.07, 6.45) is 1.08. The standard InChI is InChI=1S/C12H18N2O/c1-2-15-12-5-3-4-11(8-12)14-7-6-10(13)9-14/h3-5,8,10H,2,6-7,9,13H2,1H3. The zero-order chi connectivity index (χ0) is 10.7. The van der Waals surface area contributed by atoms with E-state index in [1.807, 2.05) is 19.1 Å². The third-order valence-electron chi connectivity index (χ3n) is 2.72. The molecule has 1 saturated heterocycles. The second-order valence-corrected chi connectivity index (χ2v) is 3.93. The van der Waals surface area contributed by atoms with Gasteiger partial charge in [-0.1, -0.05) is 6.07 Å². The van der Waals surface area contributed by atoms with Crippen molar-refractivity contribution in [3.63, 3.8) is 0 Å². The fourth-order valence-corrected chi connectivity index (χ4v) is 1.96. The highest BCUT2D eigenvalue weighted by atomic mass is 16.5. The molecular weight excluding hydrogens is 188 g/mol. The first-order chi connectivity index (χ1) is 7.29. The van der Waals surface area contributed by atoms with E-state index in [0.717, 1.165) is 25.3 Å². The molecule has 2 rings (SSSR count). The Morgan fingerprint density at radius 1 is 1.53 bits per heavy atom. The highest BCUT2D eigenvalue weighted by molar-refractivity contribution is 5.51. The van der Waals surface area contributed by atoms with Crippen LogP contribution in [0.2, 0.25) is 0 Å². The Bertz CT molecular complexity index is 327. The Balaban J connectivity index is 2.10. The van der Waals surface area contributed by atoms with Gasteiger partial charge in [0.25, 0.3) is 0 Å². The molecule has 82 valence electrons. The summed E-state index contributed by atoms with van der Waals surface area (Å²) in [7, 11) is 0. The van der Waals surface area contributed by atoms with E-state index in [2.05, 4.69) is 17.0 Å². The molecule has 1 aromatic rings. The molecule has 0 amide bonds. The van der Waals surface area contributed by atoms with E-state index in [-0.39, 0.29) is 0 Å². The van der Waals surface area contributed by atoms with Crippen LogP contribution in [0.15, 0.2) is 24.3 Å². The molecule has 1 aromatic carbocycles. The van der Waals surface area contributed by atoms with Gasteiger partial charge >= 0.3 is 0 Å². The molecule has 1 aliphatic heterocycles. The second-order valence-electron chi connectivity index (χ2n) is 3.93. The van der Waals surface area contributed by atoms with E-state index in [4.69, 9.17) is 10.5 Å². The molecule has 1 atom stereocenters. The zero-order valence-corrected chi connectivity index (χ0v) is 9.15. The topological polar surface area (TPSA) is 38.5 Å². The van der Waals surface area contributed by atoms with Gasteiger partial charge in [0.05, 0.1) is 6.61 Å². The van der Waals surface area contributed by atoms with Crippen molar-refractivity contribution < 1.29 is 4.74 Å². The summed E-state index contributed by atoms with van der Waals surface area (Å²) in [6.45, 7) is 4.72. The molecule has 1 fully saturated rings. The van der Waals surface area contributed by atoms with Crippen LogP contribution in [0.1, 0.15) is 13.3 Å². The normalized spacial score (nSPS) is 20.7. The van der Waals surface area contributed by atoms with Gasteiger partial charge in [0.1, 0.15) is 5.75 Å². The smallest absolute Gasteiger partial charge is 0.121 e. The lowest BCUT2D eigenvalue weighted by Gasteiger charge is -2.18. The Morgan fingerprint density at radius 3 is 3.07 bits per heavy atom. The summed E-state index contributed by atoms with van der Waals surface area (Å²) in [5.74, 6) is 0.940. The van der Waals surface area contributed by atoms with E-state index in [1.165, 1.54) is 5.69 Å². The molecule has 1 heterocycles. The van der Waals surface area contributed by atoms with E-state index in [1.54, 1.807) is 0 Å². The predicted octanol–water partition coefficient (Wildman–Crippen LogP) is 1.62. The number of benzene rings is 1. The SMILES string of the molecule is CCOc1cccc(N2CCC(N)C2)c1. The van der Waals surface area contributed by atoms with Crippen LogP contribution in [0.4, 0.5) is 5.69 Å². The monoisotopic (exact) mass is 206 g/mol. The fourth-order valence-electron chi connectivity index (χ4n) is 1.96. The molecule has 3 heteroatoms. The summed E-state index contributed by atoms with van der Waals surface area (Å²) in [6, 6.07) is 8.54. The molecule has 0 saturated carbocycles. The van der Waals surface area contributed by atoms with Crippen molar-refractivity contribution in [3.05, 3.63) is 24.3 Å². The van der Waals surface area contributed by atoms with Crippen LogP contribution in [-0.4, -0.2) is 25.7 Å². The molecule has 3 nitrogen and oxygen atoms in total.